The molecule has 172 valence electrons. The first-order valence-corrected chi connectivity index (χ1v) is 10.8. The number of anilines is 1. The minimum atomic E-state index is -0.719. The lowest BCUT2D eigenvalue weighted by atomic mass is 10.0. The lowest BCUT2D eigenvalue weighted by molar-refractivity contribution is -0.141. The molecule has 0 bridgehead atoms. The first kappa shape index (κ1) is 23.5. The molecule has 1 N–H and O–H groups in total. The number of nitrogens with zero attached hydrogens (tertiary/aromatic N) is 3. The molecule has 2 heterocycles. The van der Waals surface area contributed by atoms with Crippen molar-refractivity contribution >= 4 is 23.6 Å². The van der Waals surface area contributed by atoms with Crippen LogP contribution < -0.4 is 5.32 Å². The molecule has 0 radical (unpaired) electrons. The molecule has 1 atom stereocenters. The number of hydrogen-bond acceptors (Lipinski definition) is 6. The monoisotopic (exact) mass is 442 g/mol. The number of hydrogen-bond donors (Lipinski definition) is 1. The molecule has 0 saturated carbocycles. The summed E-state index contributed by atoms with van der Waals surface area (Å²) in [5.74, 6) is 0.0920. The van der Waals surface area contributed by atoms with Crippen LogP contribution in [0.4, 0.5) is 5.82 Å². The first-order valence-electron chi connectivity index (χ1n) is 10.8. The standard InChI is InChI=1S/C23H30N4O5/c1-31-21(29)10-6-9-20(28)26-15-12-18(13-16-26)27-19(11-14-24-27)25-23(30)22(32-2)17-7-4-3-5-8-17/h3-5,7-8,11,14,18,22H,6,9-10,12-13,15-16H2,1-2H3,(H,25,30)/t22-/m0/s1. The summed E-state index contributed by atoms with van der Waals surface area (Å²) >= 11 is 0. The van der Waals surface area contributed by atoms with Crippen molar-refractivity contribution in [1.29, 1.82) is 0 Å². The summed E-state index contributed by atoms with van der Waals surface area (Å²) in [5, 5.41) is 7.33. The van der Waals surface area contributed by atoms with Gasteiger partial charge in [0, 0.05) is 39.1 Å². The van der Waals surface area contributed by atoms with E-state index in [1.54, 1.807) is 12.3 Å². The van der Waals surface area contributed by atoms with Crippen LogP contribution in [0.25, 0.3) is 0 Å². The molecule has 2 amide bonds. The number of piperidine rings is 1. The molecule has 0 aliphatic carbocycles. The number of esters is 1. The molecular weight excluding hydrogens is 412 g/mol. The molecule has 9 nitrogen and oxygen atoms in total. The molecule has 2 aromatic rings. The van der Waals surface area contributed by atoms with E-state index in [1.807, 2.05) is 39.9 Å². The number of rotatable bonds is 9. The highest BCUT2D eigenvalue weighted by molar-refractivity contribution is 5.94. The van der Waals surface area contributed by atoms with Crippen LogP contribution in [0.15, 0.2) is 42.6 Å². The van der Waals surface area contributed by atoms with Crippen LogP contribution in [-0.4, -0.2) is 59.8 Å². The second kappa shape index (κ2) is 11.4. The molecule has 0 unspecified atom stereocenters. The van der Waals surface area contributed by atoms with E-state index in [9.17, 15) is 14.4 Å². The van der Waals surface area contributed by atoms with Crippen LogP contribution in [0, 0.1) is 0 Å². The Morgan fingerprint density at radius 2 is 1.81 bits per heavy atom. The van der Waals surface area contributed by atoms with E-state index >= 15 is 0 Å². The normalized spacial score (nSPS) is 15.2. The Bertz CT molecular complexity index is 906. The molecule has 32 heavy (non-hydrogen) atoms. The van der Waals surface area contributed by atoms with Gasteiger partial charge in [-0.05, 0) is 24.8 Å². The second-order valence-corrected chi connectivity index (χ2v) is 7.72. The number of carbonyl (C=O) groups is 3. The topological polar surface area (TPSA) is 103 Å². The Labute approximate surface area is 187 Å². The number of nitrogens with one attached hydrogen (secondary N) is 1. The smallest absolute Gasteiger partial charge is 0.305 e. The number of carbonyl (C=O) groups excluding carboxylic acids is 3. The lowest BCUT2D eigenvalue weighted by Crippen LogP contribution is -2.39. The fourth-order valence-electron chi connectivity index (χ4n) is 3.92. The second-order valence-electron chi connectivity index (χ2n) is 7.72. The van der Waals surface area contributed by atoms with Gasteiger partial charge in [0.2, 0.25) is 5.91 Å². The third-order valence-electron chi connectivity index (χ3n) is 5.66. The van der Waals surface area contributed by atoms with E-state index in [1.165, 1.54) is 14.2 Å². The zero-order valence-electron chi connectivity index (χ0n) is 18.5. The summed E-state index contributed by atoms with van der Waals surface area (Å²) in [4.78, 5) is 38.2. The fourth-order valence-corrected chi connectivity index (χ4v) is 3.92. The maximum atomic E-state index is 12.8. The van der Waals surface area contributed by atoms with Crippen molar-refractivity contribution in [2.75, 3.05) is 32.6 Å². The van der Waals surface area contributed by atoms with Gasteiger partial charge in [-0.2, -0.15) is 5.10 Å². The van der Waals surface area contributed by atoms with E-state index in [0.717, 1.165) is 18.4 Å². The van der Waals surface area contributed by atoms with Crippen molar-refractivity contribution < 1.29 is 23.9 Å². The minimum absolute atomic E-state index is 0.0483. The van der Waals surface area contributed by atoms with Crippen molar-refractivity contribution in [1.82, 2.24) is 14.7 Å². The van der Waals surface area contributed by atoms with E-state index < -0.39 is 6.10 Å². The van der Waals surface area contributed by atoms with Gasteiger partial charge in [-0.25, -0.2) is 4.68 Å². The minimum Gasteiger partial charge on any atom is -0.469 e. The fraction of sp³-hybridized carbons (Fsp3) is 0.478. The highest BCUT2D eigenvalue weighted by Gasteiger charge is 2.27. The summed E-state index contributed by atoms with van der Waals surface area (Å²) in [6.45, 7) is 1.22. The highest BCUT2D eigenvalue weighted by atomic mass is 16.5. The molecule has 1 aliphatic rings. The Hall–Kier alpha value is -3.20. The molecule has 9 heteroatoms. The molecule has 1 aromatic carbocycles. The SMILES string of the molecule is COC(=O)CCCC(=O)N1CCC(n2nccc2NC(=O)[C@@H](OC)c2ccccc2)CC1. The molecule has 1 fully saturated rings. The zero-order valence-corrected chi connectivity index (χ0v) is 18.5. The van der Waals surface area contributed by atoms with Gasteiger partial charge in [0.25, 0.3) is 5.91 Å². The average Bonchev–Trinajstić information content (AvgIpc) is 3.28. The molecule has 3 rings (SSSR count). The van der Waals surface area contributed by atoms with Crippen LogP contribution in [-0.2, 0) is 23.9 Å². The Balaban J connectivity index is 1.54. The van der Waals surface area contributed by atoms with Gasteiger partial charge < -0.3 is 19.7 Å². The Morgan fingerprint density at radius 1 is 1.09 bits per heavy atom. The predicted octanol–water partition coefficient (Wildman–Crippen LogP) is 2.72. The molecule has 0 spiro atoms. The van der Waals surface area contributed by atoms with Gasteiger partial charge in [0.1, 0.15) is 5.82 Å². The Kier molecular flexibility index (Phi) is 8.38. The van der Waals surface area contributed by atoms with Crippen molar-refractivity contribution in [3.8, 4) is 0 Å². The quantitative estimate of drug-likeness (QED) is 0.599. The van der Waals surface area contributed by atoms with Crippen LogP contribution in [0.5, 0.6) is 0 Å². The van der Waals surface area contributed by atoms with Crippen LogP contribution in [0.3, 0.4) is 0 Å². The number of likely N-dealkylation sites (tertiary alicyclic amines) is 1. The Morgan fingerprint density at radius 3 is 2.47 bits per heavy atom. The third kappa shape index (κ3) is 5.94. The number of benzene rings is 1. The van der Waals surface area contributed by atoms with E-state index in [-0.39, 0.29) is 30.2 Å². The summed E-state index contributed by atoms with van der Waals surface area (Å²) in [6.07, 6.45) is 3.48. The number of aromatic nitrogens is 2. The number of methoxy groups -OCH3 is 2. The molecule has 1 aliphatic heterocycles. The van der Waals surface area contributed by atoms with Crippen LogP contribution in [0.1, 0.15) is 49.8 Å². The highest BCUT2D eigenvalue weighted by Crippen LogP contribution is 2.27. The summed E-state index contributed by atoms with van der Waals surface area (Å²) in [7, 11) is 2.85. The molecule has 1 aromatic heterocycles. The first-order chi connectivity index (χ1) is 15.5. The van der Waals surface area contributed by atoms with Crippen LogP contribution >= 0.6 is 0 Å². The van der Waals surface area contributed by atoms with Crippen molar-refractivity contribution in [3.05, 3.63) is 48.2 Å². The zero-order chi connectivity index (χ0) is 22.9. The van der Waals surface area contributed by atoms with Gasteiger partial charge >= 0.3 is 5.97 Å². The van der Waals surface area contributed by atoms with Crippen molar-refractivity contribution in [2.45, 2.75) is 44.2 Å². The maximum absolute atomic E-state index is 12.8. The number of ether oxygens (including phenoxy) is 2. The van der Waals surface area contributed by atoms with Gasteiger partial charge in [-0.15, -0.1) is 0 Å². The number of amides is 2. The van der Waals surface area contributed by atoms with E-state index in [2.05, 4.69) is 15.2 Å². The van der Waals surface area contributed by atoms with Crippen LogP contribution in [0.2, 0.25) is 0 Å². The largest absolute Gasteiger partial charge is 0.469 e. The van der Waals surface area contributed by atoms with E-state index in [0.29, 0.717) is 31.7 Å². The van der Waals surface area contributed by atoms with E-state index in [4.69, 9.17) is 4.74 Å². The van der Waals surface area contributed by atoms with Gasteiger partial charge in [0.15, 0.2) is 6.10 Å². The molecular formula is C23H30N4O5. The predicted molar refractivity (Wildman–Crippen MR) is 118 cm³/mol. The summed E-state index contributed by atoms with van der Waals surface area (Å²) in [5.41, 5.74) is 0.776. The third-order valence-corrected chi connectivity index (χ3v) is 5.66. The van der Waals surface area contributed by atoms with Gasteiger partial charge in [-0.1, -0.05) is 30.3 Å². The lowest BCUT2D eigenvalue weighted by Gasteiger charge is -2.33. The molecule has 1 saturated heterocycles. The van der Waals surface area contributed by atoms with Gasteiger partial charge in [0.05, 0.1) is 19.3 Å². The summed E-state index contributed by atoms with van der Waals surface area (Å²) < 4.78 is 11.8. The van der Waals surface area contributed by atoms with Crippen molar-refractivity contribution in [3.63, 3.8) is 0 Å². The van der Waals surface area contributed by atoms with Gasteiger partial charge in [-0.3, -0.25) is 14.4 Å². The maximum Gasteiger partial charge on any atom is 0.305 e. The average molecular weight is 443 g/mol. The van der Waals surface area contributed by atoms with Crippen molar-refractivity contribution in [2.24, 2.45) is 0 Å². The summed E-state index contributed by atoms with van der Waals surface area (Å²) in [6, 6.07) is 11.2.